The number of hydrazine groups is 1. The van der Waals surface area contributed by atoms with Crippen molar-refractivity contribution in [3.05, 3.63) is 58.3 Å². The number of aryl methyl sites for hydroxylation is 2. The van der Waals surface area contributed by atoms with E-state index in [4.69, 9.17) is 11.6 Å². The van der Waals surface area contributed by atoms with E-state index in [0.29, 0.717) is 17.4 Å². The van der Waals surface area contributed by atoms with Crippen molar-refractivity contribution >= 4 is 39.4 Å². The minimum atomic E-state index is -0.273. The Labute approximate surface area is 177 Å². The molecule has 29 heavy (non-hydrogen) atoms. The maximum absolute atomic E-state index is 12.2. The van der Waals surface area contributed by atoms with Crippen LogP contribution in [-0.2, 0) is 4.79 Å². The summed E-state index contributed by atoms with van der Waals surface area (Å²) in [7, 11) is 0. The number of benzene rings is 1. The zero-order valence-electron chi connectivity index (χ0n) is 16.2. The molecule has 0 aliphatic rings. The van der Waals surface area contributed by atoms with Gasteiger partial charge >= 0.3 is 0 Å². The number of carbonyl (C=O) groups is 1. The molecule has 10 heteroatoms. The monoisotopic (exact) mass is 429 g/mol. The van der Waals surface area contributed by atoms with E-state index in [1.165, 1.54) is 22.5 Å². The molecule has 0 radical (unpaired) electrons. The third kappa shape index (κ3) is 6.01. The molecule has 0 saturated carbocycles. The molecule has 6 N–H and O–H groups in total. The van der Waals surface area contributed by atoms with Gasteiger partial charge in [-0.05, 0) is 26.0 Å². The standard InChI is InChI=1S/C19H23N7OS2/c1-12-18(29-13(2)23-12)16-11-28-19(24-16)25-17(27)10-26(21)9-14(20)8-22-15-6-4-3-5-7-15/h3-7,9,11,22H,8,10,20-21H2,1-2H3,(H,24,25,27)/b14-9-. The lowest BCUT2D eigenvalue weighted by Gasteiger charge is -2.14. The Hall–Kier alpha value is -2.95. The van der Waals surface area contributed by atoms with E-state index in [1.54, 1.807) is 11.3 Å². The van der Waals surface area contributed by atoms with Crippen LogP contribution in [0.5, 0.6) is 0 Å². The average molecular weight is 430 g/mol. The fraction of sp³-hybridized carbons (Fsp3) is 0.211. The summed E-state index contributed by atoms with van der Waals surface area (Å²) in [6.07, 6.45) is 1.53. The minimum absolute atomic E-state index is 0.0420. The van der Waals surface area contributed by atoms with E-state index in [9.17, 15) is 4.79 Å². The molecule has 1 amide bonds. The molecule has 0 atom stereocenters. The van der Waals surface area contributed by atoms with E-state index in [1.807, 2.05) is 49.6 Å². The zero-order chi connectivity index (χ0) is 20.8. The molecular formula is C19H23N7OS2. The third-order valence-electron chi connectivity index (χ3n) is 3.81. The summed E-state index contributed by atoms with van der Waals surface area (Å²) in [6.45, 7) is 4.29. The average Bonchev–Trinajstić information content (AvgIpc) is 3.26. The zero-order valence-corrected chi connectivity index (χ0v) is 17.8. The maximum atomic E-state index is 12.2. The van der Waals surface area contributed by atoms with E-state index in [0.717, 1.165) is 27.0 Å². The highest BCUT2D eigenvalue weighted by atomic mass is 32.1. The van der Waals surface area contributed by atoms with Gasteiger partial charge in [0.1, 0.15) is 6.54 Å². The number of hydrogen-bond acceptors (Lipinski definition) is 9. The second-order valence-corrected chi connectivity index (χ2v) is 8.39. The van der Waals surface area contributed by atoms with E-state index in [-0.39, 0.29) is 12.5 Å². The molecule has 0 spiro atoms. The summed E-state index contributed by atoms with van der Waals surface area (Å²) < 4.78 is 0. The summed E-state index contributed by atoms with van der Waals surface area (Å²) in [4.78, 5) is 22.1. The second kappa shape index (κ2) is 9.50. The quantitative estimate of drug-likeness (QED) is 0.321. The van der Waals surface area contributed by atoms with Gasteiger partial charge in [0.15, 0.2) is 5.13 Å². The lowest BCUT2D eigenvalue weighted by atomic mass is 10.3. The topological polar surface area (TPSA) is 122 Å². The lowest BCUT2D eigenvalue weighted by Crippen LogP contribution is -2.35. The van der Waals surface area contributed by atoms with Crippen molar-refractivity contribution in [1.29, 1.82) is 0 Å². The smallest absolute Gasteiger partial charge is 0.247 e. The number of nitrogens with zero attached hydrogens (tertiary/aromatic N) is 3. The number of rotatable bonds is 8. The van der Waals surface area contributed by atoms with Crippen molar-refractivity contribution in [2.75, 3.05) is 23.7 Å². The highest BCUT2D eigenvalue weighted by Gasteiger charge is 2.13. The maximum Gasteiger partial charge on any atom is 0.247 e. The van der Waals surface area contributed by atoms with Crippen LogP contribution in [0, 0.1) is 13.8 Å². The van der Waals surface area contributed by atoms with Gasteiger partial charge in [-0.1, -0.05) is 18.2 Å². The molecule has 0 unspecified atom stereocenters. The van der Waals surface area contributed by atoms with Crippen LogP contribution >= 0.6 is 22.7 Å². The molecular weight excluding hydrogens is 406 g/mol. The molecule has 3 aromatic rings. The number of nitrogens with two attached hydrogens (primary N) is 2. The fourth-order valence-corrected chi connectivity index (χ4v) is 4.27. The Kier molecular flexibility index (Phi) is 6.81. The molecule has 0 bridgehead atoms. The number of anilines is 2. The van der Waals surface area contributed by atoms with Gasteiger partial charge < -0.3 is 21.4 Å². The fourth-order valence-electron chi connectivity index (χ4n) is 2.59. The van der Waals surface area contributed by atoms with E-state index < -0.39 is 0 Å². The Morgan fingerprint density at radius 3 is 2.69 bits per heavy atom. The molecule has 0 saturated heterocycles. The molecule has 1 aromatic carbocycles. The van der Waals surface area contributed by atoms with Gasteiger partial charge in [0.2, 0.25) is 5.91 Å². The van der Waals surface area contributed by atoms with Gasteiger partial charge in [-0.2, -0.15) is 0 Å². The lowest BCUT2D eigenvalue weighted by molar-refractivity contribution is -0.116. The molecule has 0 aliphatic carbocycles. The Balaban J connectivity index is 1.50. The van der Waals surface area contributed by atoms with Crippen LogP contribution < -0.4 is 22.2 Å². The van der Waals surface area contributed by atoms with E-state index >= 15 is 0 Å². The number of nitrogens with one attached hydrogen (secondary N) is 2. The summed E-state index contributed by atoms with van der Waals surface area (Å²) >= 11 is 2.95. The van der Waals surface area contributed by atoms with Gasteiger partial charge in [-0.15, -0.1) is 22.7 Å². The first-order valence-electron chi connectivity index (χ1n) is 8.87. The minimum Gasteiger partial charge on any atom is -0.399 e. The molecule has 2 aromatic heterocycles. The van der Waals surface area contributed by atoms with Crippen LogP contribution in [0.4, 0.5) is 10.8 Å². The molecule has 0 aliphatic heterocycles. The van der Waals surface area contributed by atoms with Gasteiger partial charge in [0, 0.05) is 23.0 Å². The van der Waals surface area contributed by atoms with Crippen LogP contribution in [0.2, 0.25) is 0 Å². The summed E-state index contributed by atoms with van der Waals surface area (Å²) in [5, 5.41) is 10.6. The number of amides is 1. The number of thiazole rings is 2. The predicted octanol–water partition coefficient (Wildman–Crippen LogP) is 2.91. The van der Waals surface area contributed by atoms with Crippen molar-refractivity contribution in [1.82, 2.24) is 15.0 Å². The van der Waals surface area contributed by atoms with Gasteiger partial charge in [0.05, 0.1) is 27.8 Å². The molecule has 152 valence electrons. The summed E-state index contributed by atoms with van der Waals surface area (Å²) in [6, 6.07) is 9.69. The van der Waals surface area contributed by atoms with Crippen LogP contribution in [-0.4, -0.2) is 34.0 Å². The van der Waals surface area contributed by atoms with E-state index in [2.05, 4.69) is 20.6 Å². The first kappa shape index (κ1) is 20.8. The normalized spacial score (nSPS) is 11.3. The second-order valence-electron chi connectivity index (χ2n) is 6.33. The Morgan fingerprint density at radius 2 is 2.00 bits per heavy atom. The van der Waals surface area contributed by atoms with Crippen molar-refractivity contribution in [3.63, 3.8) is 0 Å². The first-order chi connectivity index (χ1) is 13.9. The SMILES string of the molecule is Cc1nc(C)c(-c2csc(NC(=O)CN(N)/C=C(\N)CNc3ccccc3)n2)s1. The number of carbonyl (C=O) groups excluding carboxylic acids is 1. The van der Waals surface area contributed by atoms with Crippen molar-refractivity contribution < 1.29 is 4.79 Å². The summed E-state index contributed by atoms with van der Waals surface area (Å²) in [5.74, 6) is 5.61. The predicted molar refractivity (Wildman–Crippen MR) is 119 cm³/mol. The van der Waals surface area contributed by atoms with Crippen molar-refractivity contribution in [3.8, 4) is 10.6 Å². The third-order valence-corrected chi connectivity index (χ3v) is 5.67. The van der Waals surface area contributed by atoms with Gasteiger partial charge in [-0.3, -0.25) is 4.79 Å². The van der Waals surface area contributed by atoms with Crippen LogP contribution in [0.1, 0.15) is 10.7 Å². The van der Waals surface area contributed by atoms with Crippen LogP contribution in [0.15, 0.2) is 47.6 Å². The van der Waals surface area contributed by atoms with Crippen molar-refractivity contribution in [2.45, 2.75) is 13.8 Å². The number of hydrogen-bond donors (Lipinski definition) is 4. The first-order valence-corrected chi connectivity index (χ1v) is 10.6. The highest BCUT2D eigenvalue weighted by Crippen LogP contribution is 2.31. The number of aromatic nitrogens is 2. The van der Waals surface area contributed by atoms with Crippen LogP contribution in [0.3, 0.4) is 0 Å². The number of para-hydroxylation sites is 1. The van der Waals surface area contributed by atoms with Crippen molar-refractivity contribution in [2.24, 2.45) is 11.6 Å². The Morgan fingerprint density at radius 1 is 1.24 bits per heavy atom. The summed E-state index contributed by atoms with van der Waals surface area (Å²) in [5.41, 5.74) is 9.18. The molecule has 0 fully saturated rings. The molecule has 8 nitrogen and oxygen atoms in total. The largest absolute Gasteiger partial charge is 0.399 e. The molecule has 3 rings (SSSR count). The Bertz CT molecular complexity index is 997. The van der Waals surface area contributed by atoms with Gasteiger partial charge in [0.25, 0.3) is 0 Å². The highest BCUT2D eigenvalue weighted by molar-refractivity contribution is 7.16. The van der Waals surface area contributed by atoms with Gasteiger partial charge in [-0.25, -0.2) is 15.8 Å². The molecule has 2 heterocycles. The van der Waals surface area contributed by atoms with Crippen LogP contribution in [0.25, 0.3) is 10.6 Å².